The first-order chi connectivity index (χ1) is 8.34. The van der Waals surface area contributed by atoms with E-state index in [4.69, 9.17) is 0 Å². The highest BCUT2D eigenvalue weighted by Gasteiger charge is 2.07. The quantitative estimate of drug-likeness (QED) is 0.673. The predicted molar refractivity (Wildman–Crippen MR) is 63.0 cm³/mol. The van der Waals surface area contributed by atoms with Crippen molar-refractivity contribution in [1.29, 1.82) is 0 Å². The van der Waals surface area contributed by atoms with Gasteiger partial charge < -0.3 is 0 Å². The van der Waals surface area contributed by atoms with Crippen LogP contribution in [0.3, 0.4) is 0 Å². The summed E-state index contributed by atoms with van der Waals surface area (Å²) in [7, 11) is 0. The lowest BCUT2D eigenvalue weighted by Crippen LogP contribution is -2.02. The van der Waals surface area contributed by atoms with Crippen LogP contribution in [0.2, 0.25) is 0 Å². The standard InChI is InChI=1S/C13H10FN3/c14-12-5-1-4-11-8-16-17(13(11)12)9-10-3-2-6-15-7-10/h1-8H,9H2. The number of halogens is 1. The molecular formula is C13H10FN3. The Labute approximate surface area is 97.5 Å². The zero-order valence-electron chi connectivity index (χ0n) is 9.05. The molecule has 0 atom stereocenters. The minimum atomic E-state index is -0.246. The molecule has 0 unspecified atom stereocenters. The van der Waals surface area contributed by atoms with Gasteiger partial charge in [0.1, 0.15) is 11.3 Å². The van der Waals surface area contributed by atoms with Gasteiger partial charge in [-0.1, -0.05) is 18.2 Å². The number of nitrogens with zero attached hydrogens (tertiary/aromatic N) is 3. The first kappa shape index (κ1) is 9.96. The van der Waals surface area contributed by atoms with Crippen LogP contribution in [0, 0.1) is 5.82 Å². The third kappa shape index (κ3) is 1.78. The summed E-state index contributed by atoms with van der Waals surface area (Å²) in [5.74, 6) is -0.246. The summed E-state index contributed by atoms with van der Waals surface area (Å²) in [5.41, 5.74) is 1.54. The molecule has 0 radical (unpaired) electrons. The Bertz CT molecular complexity index is 646. The minimum absolute atomic E-state index is 0.246. The maximum absolute atomic E-state index is 13.7. The van der Waals surface area contributed by atoms with E-state index < -0.39 is 0 Å². The second-order valence-electron chi connectivity index (χ2n) is 3.84. The average Bonchev–Trinajstić information content (AvgIpc) is 2.75. The Morgan fingerprint density at radius 3 is 2.88 bits per heavy atom. The lowest BCUT2D eigenvalue weighted by atomic mass is 10.2. The van der Waals surface area contributed by atoms with Gasteiger partial charge in [0.25, 0.3) is 0 Å². The first-order valence-electron chi connectivity index (χ1n) is 5.33. The van der Waals surface area contributed by atoms with Gasteiger partial charge in [-0.05, 0) is 17.7 Å². The molecule has 1 aromatic carbocycles. The molecule has 0 bridgehead atoms. The molecule has 17 heavy (non-hydrogen) atoms. The molecule has 3 aromatic rings. The SMILES string of the molecule is Fc1cccc2cnn(Cc3cccnc3)c12. The van der Waals surface area contributed by atoms with E-state index in [9.17, 15) is 4.39 Å². The highest BCUT2D eigenvalue weighted by atomic mass is 19.1. The fourth-order valence-corrected chi connectivity index (χ4v) is 1.88. The highest BCUT2D eigenvalue weighted by Crippen LogP contribution is 2.17. The van der Waals surface area contributed by atoms with Gasteiger partial charge in [-0.15, -0.1) is 0 Å². The lowest BCUT2D eigenvalue weighted by Gasteiger charge is -2.03. The van der Waals surface area contributed by atoms with E-state index in [2.05, 4.69) is 10.1 Å². The van der Waals surface area contributed by atoms with Crippen molar-refractivity contribution in [3.05, 3.63) is 60.3 Å². The molecule has 0 aliphatic heterocycles. The average molecular weight is 227 g/mol. The van der Waals surface area contributed by atoms with Gasteiger partial charge in [0.2, 0.25) is 0 Å². The van der Waals surface area contributed by atoms with Crippen LogP contribution >= 0.6 is 0 Å². The molecule has 0 fully saturated rings. The molecule has 3 rings (SSSR count). The smallest absolute Gasteiger partial charge is 0.149 e. The van der Waals surface area contributed by atoms with E-state index in [1.165, 1.54) is 6.07 Å². The van der Waals surface area contributed by atoms with Crippen LogP contribution in [0.1, 0.15) is 5.56 Å². The number of hydrogen-bond donors (Lipinski definition) is 0. The Kier molecular flexibility index (Phi) is 2.33. The lowest BCUT2D eigenvalue weighted by molar-refractivity contribution is 0.616. The van der Waals surface area contributed by atoms with Crippen molar-refractivity contribution in [3.63, 3.8) is 0 Å². The van der Waals surface area contributed by atoms with Gasteiger partial charge in [-0.25, -0.2) is 4.39 Å². The van der Waals surface area contributed by atoms with Gasteiger partial charge in [-0.3, -0.25) is 9.67 Å². The third-order valence-corrected chi connectivity index (χ3v) is 2.67. The predicted octanol–water partition coefficient (Wildman–Crippen LogP) is 2.62. The highest BCUT2D eigenvalue weighted by molar-refractivity contribution is 5.79. The van der Waals surface area contributed by atoms with Gasteiger partial charge in [0, 0.05) is 17.8 Å². The second kappa shape index (κ2) is 3.97. The Morgan fingerprint density at radius 1 is 1.12 bits per heavy atom. The number of aromatic nitrogens is 3. The van der Waals surface area contributed by atoms with Crippen molar-refractivity contribution in [3.8, 4) is 0 Å². The summed E-state index contributed by atoms with van der Waals surface area (Å²) in [6.07, 6.45) is 5.15. The Morgan fingerprint density at radius 2 is 2.06 bits per heavy atom. The van der Waals surface area contributed by atoms with E-state index in [1.807, 2.05) is 18.2 Å². The fraction of sp³-hybridized carbons (Fsp3) is 0.0769. The van der Waals surface area contributed by atoms with Crippen molar-refractivity contribution in [2.75, 3.05) is 0 Å². The second-order valence-corrected chi connectivity index (χ2v) is 3.84. The molecule has 3 nitrogen and oxygen atoms in total. The van der Waals surface area contributed by atoms with Crippen LogP contribution in [0.4, 0.5) is 4.39 Å². The van der Waals surface area contributed by atoms with Gasteiger partial charge in [0.15, 0.2) is 0 Å². The molecule has 0 aliphatic carbocycles. The van der Waals surface area contributed by atoms with Crippen molar-refractivity contribution in [1.82, 2.24) is 14.8 Å². The van der Waals surface area contributed by atoms with E-state index in [1.54, 1.807) is 29.3 Å². The molecule has 0 saturated heterocycles. The fourth-order valence-electron chi connectivity index (χ4n) is 1.88. The zero-order valence-corrected chi connectivity index (χ0v) is 9.05. The summed E-state index contributed by atoms with van der Waals surface area (Å²) >= 11 is 0. The largest absolute Gasteiger partial charge is 0.264 e. The summed E-state index contributed by atoms with van der Waals surface area (Å²) in [6.45, 7) is 0.526. The minimum Gasteiger partial charge on any atom is -0.264 e. The maximum Gasteiger partial charge on any atom is 0.149 e. The summed E-state index contributed by atoms with van der Waals surface area (Å²) in [5, 5.41) is 5.01. The van der Waals surface area contributed by atoms with E-state index in [-0.39, 0.29) is 5.82 Å². The van der Waals surface area contributed by atoms with Crippen molar-refractivity contribution in [2.24, 2.45) is 0 Å². The molecule has 0 aliphatic rings. The molecule has 4 heteroatoms. The van der Waals surface area contributed by atoms with Crippen LogP contribution in [0.15, 0.2) is 48.9 Å². The molecule has 2 heterocycles. The monoisotopic (exact) mass is 227 g/mol. The number of para-hydroxylation sites is 1. The Hall–Kier alpha value is -2.23. The van der Waals surface area contributed by atoms with Crippen LogP contribution in [-0.2, 0) is 6.54 Å². The molecular weight excluding hydrogens is 217 g/mol. The number of rotatable bonds is 2. The number of pyridine rings is 1. The van der Waals surface area contributed by atoms with Crippen molar-refractivity contribution in [2.45, 2.75) is 6.54 Å². The van der Waals surface area contributed by atoms with Crippen LogP contribution in [0.5, 0.6) is 0 Å². The molecule has 0 N–H and O–H groups in total. The first-order valence-corrected chi connectivity index (χ1v) is 5.33. The summed E-state index contributed by atoms with van der Waals surface area (Å²) in [6, 6.07) is 8.79. The van der Waals surface area contributed by atoms with Crippen LogP contribution in [-0.4, -0.2) is 14.8 Å². The summed E-state index contributed by atoms with van der Waals surface area (Å²) in [4.78, 5) is 4.03. The van der Waals surface area contributed by atoms with Crippen molar-refractivity contribution < 1.29 is 4.39 Å². The van der Waals surface area contributed by atoms with E-state index in [0.717, 1.165) is 10.9 Å². The zero-order chi connectivity index (χ0) is 11.7. The van der Waals surface area contributed by atoms with E-state index >= 15 is 0 Å². The number of benzene rings is 1. The van der Waals surface area contributed by atoms with Crippen molar-refractivity contribution >= 4 is 10.9 Å². The molecule has 0 amide bonds. The topological polar surface area (TPSA) is 30.7 Å². The Balaban J connectivity index is 2.07. The number of hydrogen-bond acceptors (Lipinski definition) is 2. The number of fused-ring (bicyclic) bond motifs is 1. The molecule has 84 valence electrons. The van der Waals surface area contributed by atoms with E-state index in [0.29, 0.717) is 12.1 Å². The van der Waals surface area contributed by atoms with Gasteiger partial charge in [0.05, 0.1) is 12.7 Å². The maximum atomic E-state index is 13.7. The normalized spacial score (nSPS) is 10.9. The molecule has 0 saturated carbocycles. The molecule has 0 spiro atoms. The van der Waals surface area contributed by atoms with Crippen LogP contribution in [0.25, 0.3) is 10.9 Å². The molecule has 2 aromatic heterocycles. The van der Waals surface area contributed by atoms with Crippen LogP contribution < -0.4 is 0 Å². The van der Waals surface area contributed by atoms with Gasteiger partial charge in [-0.2, -0.15) is 5.10 Å². The van der Waals surface area contributed by atoms with Gasteiger partial charge >= 0.3 is 0 Å². The third-order valence-electron chi connectivity index (χ3n) is 2.67. The summed E-state index contributed by atoms with van der Waals surface area (Å²) < 4.78 is 15.4.